The van der Waals surface area contributed by atoms with Crippen LogP contribution in [0.5, 0.6) is 0 Å². The molecule has 8 heteroatoms. The van der Waals surface area contributed by atoms with Crippen LogP contribution in [0.1, 0.15) is 41.6 Å². The zero-order chi connectivity index (χ0) is 22.4. The zero-order valence-electron chi connectivity index (χ0n) is 18.3. The minimum absolute atomic E-state index is 0.0153. The number of thiazole rings is 1. The third-order valence-corrected chi connectivity index (χ3v) is 7.05. The van der Waals surface area contributed by atoms with Gasteiger partial charge in [0.05, 0.1) is 5.69 Å². The highest BCUT2D eigenvalue weighted by Gasteiger charge is 2.31. The van der Waals surface area contributed by atoms with Crippen LogP contribution in [-0.4, -0.2) is 55.0 Å². The highest BCUT2D eigenvalue weighted by molar-refractivity contribution is 7.17. The molecule has 168 valence electrons. The fraction of sp³-hybridized carbons (Fsp3) is 0.522. The first-order valence-corrected chi connectivity index (χ1v) is 11.5. The van der Waals surface area contributed by atoms with Crippen molar-refractivity contribution in [2.45, 2.75) is 33.1 Å². The van der Waals surface area contributed by atoms with Crippen LogP contribution in [0, 0.1) is 24.6 Å². The van der Waals surface area contributed by atoms with E-state index in [0.29, 0.717) is 36.8 Å². The second kappa shape index (κ2) is 10.8. The molecule has 1 saturated heterocycles. The molecule has 0 unspecified atom stereocenters. The Labute approximate surface area is 186 Å². The zero-order valence-corrected chi connectivity index (χ0v) is 19.1. The van der Waals surface area contributed by atoms with Gasteiger partial charge in [0.25, 0.3) is 5.91 Å². The number of nitrogens with one attached hydrogen (secondary N) is 1. The van der Waals surface area contributed by atoms with Gasteiger partial charge in [-0.05, 0) is 56.4 Å². The summed E-state index contributed by atoms with van der Waals surface area (Å²) in [6.45, 7) is 6.32. The Kier molecular flexibility index (Phi) is 8.15. The topological polar surface area (TPSA) is 71.5 Å². The monoisotopic (exact) mass is 447 g/mol. The molecule has 1 aromatic carbocycles. The molecule has 1 aliphatic rings. The number of amides is 2. The molecular weight excluding hydrogens is 417 g/mol. The van der Waals surface area contributed by atoms with Crippen molar-refractivity contribution in [3.8, 4) is 10.6 Å². The molecule has 3 rings (SSSR count). The summed E-state index contributed by atoms with van der Waals surface area (Å²) in [5.74, 6) is -0.0467. The lowest BCUT2D eigenvalue weighted by Gasteiger charge is -2.34. The van der Waals surface area contributed by atoms with Crippen molar-refractivity contribution in [2.75, 3.05) is 33.4 Å². The van der Waals surface area contributed by atoms with Gasteiger partial charge in [0.1, 0.15) is 15.7 Å². The Morgan fingerprint density at radius 2 is 1.97 bits per heavy atom. The summed E-state index contributed by atoms with van der Waals surface area (Å²) < 4.78 is 18.2. The number of nitrogens with zero attached hydrogens (tertiary/aromatic N) is 2. The van der Waals surface area contributed by atoms with Crippen molar-refractivity contribution in [2.24, 2.45) is 11.8 Å². The Hall–Kier alpha value is -2.32. The van der Waals surface area contributed by atoms with Crippen LogP contribution in [0.3, 0.4) is 0 Å². The Bertz CT molecular complexity index is 892. The molecule has 0 radical (unpaired) electrons. The third kappa shape index (κ3) is 5.89. The lowest BCUT2D eigenvalue weighted by Crippen LogP contribution is -2.42. The maximum Gasteiger partial charge on any atom is 0.265 e. The first-order chi connectivity index (χ1) is 14.9. The van der Waals surface area contributed by atoms with Crippen molar-refractivity contribution < 1.29 is 18.7 Å². The summed E-state index contributed by atoms with van der Waals surface area (Å²) in [6.07, 6.45) is 2.41. The molecule has 1 aromatic heterocycles. The predicted octanol–water partition coefficient (Wildman–Crippen LogP) is 3.90. The van der Waals surface area contributed by atoms with Crippen LogP contribution in [0.4, 0.5) is 4.39 Å². The summed E-state index contributed by atoms with van der Waals surface area (Å²) in [7, 11) is 1.65. The van der Waals surface area contributed by atoms with Gasteiger partial charge in [-0.2, -0.15) is 0 Å². The molecule has 0 aliphatic carbocycles. The van der Waals surface area contributed by atoms with Crippen molar-refractivity contribution in [3.63, 3.8) is 0 Å². The summed E-state index contributed by atoms with van der Waals surface area (Å²) in [5, 5.41) is 3.69. The largest absolute Gasteiger partial charge is 0.385 e. The minimum atomic E-state index is -0.297. The number of piperidine rings is 1. The Morgan fingerprint density at radius 1 is 1.29 bits per heavy atom. The lowest BCUT2D eigenvalue weighted by atomic mass is 9.84. The molecule has 1 fully saturated rings. The van der Waals surface area contributed by atoms with Crippen LogP contribution in [0.25, 0.3) is 10.6 Å². The minimum Gasteiger partial charge on any atom is -0.385 e. The van der Waals surface area contributed by atoms with E-state index < -0.39 is 0 Å². The van der Waals surface area contributed by atoms with Crippen LogP contribution in [-0.2, 0) is 9.53 Å². The van der Waals surface area contributed by atoms with Gasteiger partial charge in [-0.15, -0.1) is 11.3 Å². The second-order valence-corrected chi connectivity index (χ2v) is 9.00. The summed E-state index contributed by atoms with van der Waals surface area (Å²) in [4.78, 5) is 32.5. The number of carbonyl (C=O) groups is 2. The van der Waals surface area contributed by atoms with E-state index in [2.05, 4.69) is 10.3 Å². The number of carbonyl (C=O) groups excluding carboxylic acids is 2. The van der Waals surface area contributed by atoms with E-state index in [0.717, 1.165) is 29.8 Å². The molecule has 6 nitrogen and oxygen atoms in total. The SMILES string of the molecule is COCCCNC(=O)[C@@H](C)C1CCN(C(=O)c2sc(-c3ccc(F)cc3)nc2C)CC1. The number of hydrogen-bond donors (Lipinski definition) is 1. The van der Waals surface area contributed by atoms with Crippen molar-refractivity contribution in [1.82, 2.24) is 15.2 Å². The first kappa shape index (κ1) is 23.3. The molecule has 0 bridgehead atoms. The molecule has 1 atom stereocenters. The van der Waals surface area contributed by atoms with Crippen molar-refractivity contribution in [1.29, 1.82) is 0 Å². The number of aromatic nitrogens is 1. The molecule has 2 amide bonds. The molecule has 0 spiro atoms. The van der Waals surface area contributed by atoms with E-state index in [1.807, 2.05) is 18.7 Å². The van der Waals surface area contributed by atoms with Crippen LogP contribution < -0.4 is 5.32 Å². The quantitative estimate of drug-likeness (QED) is 0.623. The molecular formula is C23H30FN3O3S. The van der Waals surface area contributed by atoms with Crippen LogP contribution >= 0.6 is 11.3 Å². The molecule has 2 heterocycles. The predicted molar refractivity (Wildman–Crippen MR) is 120 cm³/mol. The van der Waals surface area contributed by atoms with Crippen LogP contribution in [0.2, 0.25) is 0 Å². The molecule has 0 saturated carbocycles. The van der Waals surface area contributed by atoms with Gasteiger partial charge in [0, 0.05) is 44.8 Å². The number of likely N-dealkylation sites (tertiary alicyclic amines) is 1. The smallest absolute Gasteiger partial charge is 0.265 e. The van der Waals surface area contributed by atoms with Crippen LogP contribution in [0.15, 0.2) is 24.3 Å². The number of ether oxygens (including phenoxy) is 1. The maximum atomic E-state index is 13.2. The van der Waals surface area contributed by atoms with Gasteiger partial charge in [0.2, 0.25) is 5.91 Å². The number of aryl methyl sites for hydroxylation is 1. The van der Waals surface area contributed by atoms with E-state index in [4.69, 9.17) is 4.74 Å². The second-order valence-electron chi connectivity index (χ2n) is 8.00. The van der Waals surface area contributed by atoms with Gasteiger partial charge < -0.3 is 15.0 Å². The highest BCUT2D eigenvalue weighted by Crippen LogP contribution is 2.31. The van der Waals surface area contributed by atoms with E-state index in [1.165, 1.54) is 23.5 Å². The molecule has 1 N–H and O–H groups in total. The standard InChI is InChI=1S/C23H30FN3O3S/c1-15(21(28)25-11-4-14-30-3)17-9-12-27(13-10-17)23(29)20-16(2)26-22(31-20)18-5-7-19(24)8-6-18/h5-8,15,17H,4,9-14H2,1-3H3,(H,25,28)/t15-/m0/s1. The molecule has 1 aliphatic heterocycles. The summed E-state index contributed by atoms with van der Waals surface area (Å²) in [5.41, 5.74) is 1.50. The van der Waals surface area contributed by atoms with Gasteiger partial charge >= 0.3 is 0 Å². The van der Waals surface area contributed by atoms with Crippen molar-refractivity contribution >= 4 is 23.2 Å². The number of benzene rings is 1. The van der Waals surface area contributed by atoms with E-state index in [9.17, 15) is 14.0 Å². The fourth-order valence-corrected chi connectivity index (χ4v) is 4.90. The average molecular weight is 448 g/mol. The van der Waals surface area contributed by atoms with E-state index in [1.54, 1.807) is 19.2 Å². The number of methoxy groups -OCH3 is 1. The third-order valence-electron chi connectivity index (χ3n) is 5.85. The maximum absolute atomic E-state index is 13.2. The Morgan fingerprint density at radius 3 is 2.61 bits per heavy atom. The van der Waals surface area contributed by atoms with E-state index in [-0.39, 0.29) is 29.5 Å². The molecule has 31 heavy (non-hydrogen) atoms. The normalized spacial score (nSPS) is 15.7. The number of hydrogen-bond acceptors (Lipinski definition) is 5. The van der Waals surface area contributed by atoms with Gasteiger partial charge in [0.15, 0.2) is 0 Å². The van der Waals surface area contributed by atoms with Gasteiger partial charge in [-0.1, -0.05) is 6.92 Å². The lowest BCUT2D eigenvalue weighted by molar-refractivity contribution is -0.126. The summed E-state index contributed by atoms with van der Waals surface area (Å²) in [6, 6.07) is 6.14. The number of rotatable bonds is 8. The van der Waals surface area contributed by atoms with Gasteiger partial charge in [-0.25, -0.2) is 9.37 Å². The first-order valence-electron chi connectivity index (χ1n) is 10.7. The fourth-order valence-electron chi connectivity index (χ4n) is 3.86. The average Bonchev–Trinajstić information content (AvgIpc) is 3.17. The number of halogens is 1. The summed E-state index contributed by atoms with van der Waals surface area (Å²) >= 11 is 1.35. The highest BCUT2D eigenvalue weighted by atomic mass is 32.1. The molecule has 2 aromatic rings. The van der Waals surface area contributed by atoms with E-state index >= 15 is 0 Å². The Balaban J connectivity index is 1.55. The van der Waals surface area contributed by atoms with Crippen molar-refractivity contribution in [3.05, 3.63) is 40.7 Å². The van der Waals surface area contributed by atoms with Gasteiger partial charge in [-0.3, -0.25) is 9.59 Å².